The van der Waals surface area contributed by atoms with E-state index in [4.69, 9.17) is 0 Å². The van der Waals surface area contributed by atoms with Crippen molar-refractivity contribution >= 4 is 65.2 Å². The second kappa shape index (κ2) is 7.49. The van der Waals surface area contributed by atoms with Crippen LogP contribution in [-0.2, 0) is 5.54 Å². The van der Waals surface area contributed by atoms with Crippen LogP contribution in [0.5, 0.6) is 0 Å². The van der Waals surface area contributed by atoms with Crippen molar-refractivity contribution in [1.29, 1.82) is 0 Å². The summed E-state index contributed by atoms with van der Waals surface area (Å²) in [6, 6.07) is 42.5. The van der Waals surface area contributed by atoms with Gasteiger partial charge in [0.1, 0.15) is 0 Å². The number of benzene rings is 6. The Kier molecular flexibility index (Phi) is 4.24. The van der Waals surface area contributed by atoms with Gasteiger partial charge >= 0.3 is 0 Å². The van der Waals surface area contributed by atoms with Gasteiger partial charge in [-0.15, -0.1) is 0 Å². The molecule has 2 nitrogen and oxygen atoms in total. The molecule has 0 amide bonds. The van der Waals surface area contributed by atoms with Gasteiger partial charge in [0.25, 0.3) is 0 Å². The Balaban J connectivity index is 1.56. The molecule has 6 aromatic carbocycles. The largest absolute Gasteiger partial charge is 0.335 e. The fourth-order valence-corrected chi connectivity index (χ4v) is 6.65. The lowest BCUT2D eigenvalue weighted by atomic mass is 10.00. The van der Waals surface area contributed by atoms with Crippen LogP contribution in [0.15, 0.2) is 115 Å². The molecule has 0 atom stereocenters. The monoisotopic (exact) mass is 488 g/mol. The first-order valence-electron chi connectivity index (χ1n) is 13.4. The van der Waals surface area contributed by atoms with Gasteiger partial charge in [0.15, 0.2) is 0 Å². The van der Waals surface area contributed by atoms with E-state index in [1.165, 1.54) is 70.8 Å². The molecule has 0 fully saturated rings. The topological polar surface area (TPSA) is 9.86 Å². The van der Waals surface area contributed by atoms with E-state index >= 15 is 0 Å². The summed E-state index contributed by atoms with van der Waals surface area (Å²) in [6.07, 6.45) is 0. The minimum absolute atomic E-state index is 0.0203. The maximum Gasteiger partial charge on any atom is 0.0547 e. The smallest absolute Gasteiger partial charge is 0.0547 e. The van der Waals surface area contributed by atoms with Crippen LogP contribution in [0.1, 0.15) is 20.8 Å². The average Bonchev–Trinajstić information content (AvgIpc) is 3.46. The molecule has 0 saturated heterocycles. The van der Waals surface area contributed by atoms with Gasteiger partial charge in [-0.25, -0.2) is 0 Å². The minimum atomic E-state index is -0.0203. The molecule has 0 bridgehead atoms. The number of aromatic nitrogens is 2. The summed E-state index contributed by atoms with van der Waals surface area (Å²) < 4.78 is 4.94. The number of fused-ring (bicyclic) bond motifs is 10. The lowest BCUT2D eigenvalue weighted by molar-refractivity contribution is 0.423. The molecule has 2 heterocycles. The van der Waals surface area contributed by atoms with E-state index in [2.05, 4.69) is 145 Å². The van der Waals surface area contributed by atoms with Crippen LogP contribution in [0.25, 0.3) is 70.8 Å². The fraction of sp³-hybridized carbons (Fsp3) is 0.111. The fourth-order valence-electron chi connectivity index (χ4n) is 6.65. The Labute approximate surface area is 221 Å². The molecule has 0 aliphatic carbocycles. The van der Waals surface area contributed by atoms with Crippen LogP contribution >= 0.6 is 0 Å². The van der Waals surface area contributed by atoms with Gasteiger partial charge in [-0.2, -0.15) is 0 Å². The van der Waals surface area contributed by atoms with Crippen molar-refractivity contribution in [2.45, 2.75) is 26.3 Å². The predicted octanol–water partition coefficient (Wildman–Crippen LogP) is 9.95. The van der Waals surface area contributed by atoms with E-state index in [9.17, 15) is 0 Å². The summed E-state index contributed by atoms with van der Waals surface area (Å²) in [5, 5.41) is 10.4. The molecule has 0 aliphatic rings. The minimum Gasteiger partial charge on any atom is -0.335 e. The lowest BCUT2D eigenvalue weighted by Gasteiger charge is -2.24. The standard InChI is InChI=1S/C36H28N2/c1-36(2,3)38-30-15-9-8-14-28(30)29-22-25(18-21-31(29)38)37-32-19-16-23-10-4-6-12-26(23)34(32)35-27-13-7-5-11-24(27)17-20-33(35)37/h4-22H,1-3H3. The maximum atomic E-state index is 2.48. The van der Waals surface area contributed by atoms with Gasteiger partial charge in [0.2, 0.25) is 0 Å². The van der Waals surface area contributed by atoms with Crippen molar-refractivity contribution in [3.8, 4) is 5.69 Å². The Morgan fingerprint density at radius 2 is 0.947 bits per heavy atom. The van der Waals surface area contributed by atoms with Gasteiger partial charge in [-0.05, 0) is 78.7 Å². The van der Waals surface area contributed by atoms with E-state index in [0.717, 1.165) is 0 Å². The zero-order chi connectivity index (χ0) is 25.6. The normalized spacial score (nSPS) is 12.6. The molecule has 38 heavy (non-hydrogen) atoms. The van der Waals surface area contributed by atoms with Crippen molar-refractivity contribution in [3.05, 3.63) is 115 Å². The summed E-state index contributed by atoms with van der Waals surface area (Å²) in [6.45, 7) is 6.86. The molecule has 8 aromatic rings. The van der Waals surface area contributed by atoms with E-state index in [1.54, 1.807) is 0 Å². The van der Waals surface area contributed by atoms with E-state index in [0.29, 0.717) is 0 Å². The summed E-state index contributed by atoms with van der Waals surface area (Å²) >= 11 is 0. The number of nitrogens with zero attached hydrogens (tertiary/aromatic N) is 2. The molecule has 0 N–H and O–H groups in total. The van der Waals surface area contributed by atoms with Crippen molar-refractivity contribution in [2.24, 2.45) is 0 Å². The second-order valence-electron chi connectivity index (χ2n) is 11.4. The molecular formula is C36H28N2. The quantitative estimate of drug-likeness (QED) is 0.218. The van der Waals surface area contributed by atoms with Crippen molar-refractivity contribution in [1.82, 2.24) is 9.13 Å². The van der Waals surface area contributed by atoms with Crippen LogP contribution in [0, 0.1) is 0 Å². The van der Waals surface area contributed by atoms with Crippen LogP contribution in [0.3, 0.4) is 0 Å². The molecule has 8 rings (SSSR count). The third kappa shape index (κ3) is 2.83. The Hall–Kier alpha value is -4.56. The number of hydrogen-bond acceptors (Lipinski definition) is 0. The number of hydrogen-bond donors (Lipinski definition) is 0. The highest BCUT2D eigenvalue weighted by Crippen LogP contribution is 2.42. The molecular weight excluding hydrogens is 460 g/mol. The first-order valence-corrected chi connectivity index (χ1v) is 13.4. The number of rotatable bonds is 1. The van der Waals surface area contributed by atoms with Crippen LogP contribution in [0.4, 0.5) is 0 Å². The molecule has 2 aromatic heterocycles. The molecule has 0 unspecified atom stereocenters. The Morgan fingerprint density at radius 1 is 0.447 bits per heavy atom. The lowest BCUT2D eigenvalue weighted by Crippen LogP contribution is -2.21. The third-order valence-electron chi connectivity index (χ3n) is 8.13. The molecule has 182 valence electrons. The highest BCUT2D eigenvalue weighted by molar-refractivity contribution is 6.28. The second-order valence-corrected chi connectivity index (χ2v) is 11.4. The highest BCUT2D eigenvalue weighted by Gasteiger charge is 2.22. The zero-order valence-electron chi connectivity index (χ0n) is 21.9. The van der Waals surface area contributed by atoms with Crippen LogP contribution in [-0.4, -0.2) is 9.13 Å². The van der Waals surface area contributed by atoms with Gasteiger partial charge in [-0.1, -0.05) is 78.9 Å². The third-order valence-corrected chi connectivity index (χ3v) is 8.13. The summed E-state index contributed by atoms with van der Waals surface area (Å²) in [4.78, 5) is 0. The van der Waals surface area contributed by atoms with Gasteiger partial charge < -0.3 is 9.13 Å². The van der Waals surface area contributed by atoms with Crippen molar-refractivity contribution in [2.75, 3.05) is 0 Å². The number of para-hydroxylation sites is 1. The highest BCUT2D eigenvalue weighted by atomic mass is 15.1. The summed E-state index contributed by atoms with van der Waals surface area (Å²) in [7, 11) is 0. The SMILES string of the molecule is CC(C)(C)n1c2ccccc2c2cc(-n3c4ccc5ccccc5c4c4c5ccccc5ccc43)ccc21. The molecule has 0 aliphatic heterocycles. The molecule has 0 radical (unpaired) electrons. The van der Waals surface area contributed by atoms with Crippen molar-refractivity contribution in [3.63, 3.8) is 0 Å². The van der Waals surface area contributed by atoms with Crippen LogP contribution in [0.2, 0.25) is 0 Å². The summed E-state index contributed by atoms with van der Waals surface area (Å²) in [5.74, 6) is 0. The Bertz CT molecular complexity index is 2120. The average molecular weight is 489 g/mol. The van der Waals surface area contributed by atoms with E-state index < -0.39 is 0 Å². The van der Waals surface area contributed by atoms with Gasteiger partial charge in [0.05, 0.1) is 11.0 Å². The van der Waals surface area contributed by atoms with Crippen molar-refractivity contribution < 1.29 is 0 Å². The first kappa shape index (κ1) is 21.5. The summed E-state index contributed by atoms with van der Waals surface area (Å²) in [5.41, 5.74) is 6.22. The van der Waals surface area contributed by atoms with E-state index in [1.807, 2.05) is 0 Å². The Morgan fingerprint density at radius 3 is 1.55 bits per heavy atom. The first-order chi connectivity index (χ1) is 18.5. The van der Waals surface area contributed by atoms with Crippen LogP contribution < -0.4 is 0 Å². The molecule has 0 saturated carbocycles. The van der Waals surface area contributed by atoms with Gasteiger partial charge in [0, 0.05) is 43.8 Å². The molecule has 2 heteroatoms. The zero-order valence-corrected chi connectivity index (χ0v) is 21.9. The van der Waals surface area contributed by atoms with Gasteiger partial charge in [-0.3, -0.25) is 0 Å². The predicted molar refractivity (Wildman–Crippen MR) is 164 cm³/mol. The van der Waals surface area contributed by atoms with E-state index in [-0.39, 0.29) is 5.54 Å². The maximum absolute atomic E-state index is 2.48. The molecule has 0 spiro atoms.